The van der Waals surface area contributed by atoms with Crippen LogP contribution >= 0.6 is 23.2 Å². The summed E-state index contributed by atoms with van der Waals surface area (Å²) in [7, 11) is 1.30. The van der Waals surface area contributed by atoms with Gasteiger partial charge in [0.25, 0.3) is 5.56 Å². The highest BCUT2D eigenvalue weighted by Crippen LogP contribution is 2.32. The second-order valence-corrected chi connectivity index (χ2v) is 10.9. The number of ether oxygens (including phenoxy) is 1. The van der Waals surface area contributed by atoms with Gasteiger partial charge in [-0.1, -0.05) is 60.8 Å². The number of carbonyl (C=O) groups excluding carboxylic acids is 2. The average molecular weight is 600 g/mol. The molecule has 5 N–H and O–H groups in total. The first kappa shape index (κ1) is 30.1. The molecule has 3 unspecified atom stereocenters. The monoisotopic (exact) mass is 598 g/mol. The van der Waals surface area contributed by atoms with Crippen LogP contribution in [0.1, 0.15) is 43.4 Å². The van der Waals surface area contributed by atoms with Crippen LogP contribution in [0.15, 0.2) is 71.0 Å². The van der Waals surface area contributed by atoms with Crippen LogP contribution in [0.5, 0.6) is 0 Å². The van der Waals surface area contributed by atoms with Crippen LogP contribution in [0.2, 0.25) is 5.02 Å². The predicted molar refractivity (Wildman–Crippen MR) is 159 cm³/mol. The molecule has 1 aliphatic rings. The number of hydrazine groups is 1. The number of esters is 1. The van der Waals surface area contributed by atoms with E-state index in [-0.39, 0.29) is 35.0 Å². The molecule has 41 heavy (non-hydrogen) atoms. The Morgan fingerprint density at radius 3 is 2.68 bits per heavy atom. The molecule has 3 aromatic rings. The summed E-state index contributed by atoms with van der Waals surface area (Å²) in [6, 6.07) is 12.9. The lowest BCUT2D eigenvalue weighted by molar-refractivity contribution is -0.145. The quantitative estimate of drug-likeness (QED) is 0.174. The van der Waals surface area contributed by atoms with Crippen LogP contribution in [0.3, 0.4) is 0 Å². The molecule has 0 aliphatic carbocycles. The number of nitrogens with zero attached hydrogens (tertiary/aromatic N) is 3. The summed E-state index contributed by atoms with van der Waals surface area (Å²) >= 11 is 12.1. The molecule has 1 amide bonds. The first-order valence-corrected chi connectivity index (χ1v) is 13.8. The maximum absolute atomic E-state index is 13.6. The molecule has 216 valence electrons. The lowest BCUT2D eigenvalue weighted by Crippen LogP contribution is -2.45. The van der Waals surface area contributed by atoms with Gasteiger partial charge in [0.05, 0.1) is 37.1 Å². The molecule has 0 radical (unpaired) electrons. The summed E-state index contributed by atoms with van der Waals surface area (Å²) < 4.78 is 6.51. The standard InChI is InChI=1S/C29H32Cl2N6O4/c1-17-5-3-8-24(19-7-4-6-18(11-19)12-23(29(40)41-2)35-28(17)39)36-16-34-22(14-27(36)38)21-13-20(30)9-10-25(21)37(33)15-26(31)32/h4,6-7,9-11,13-17,23-24H,3,5,8,12,32-33H2,1-2H3,(H,35,39)/b26-15-. The molecule has 4 rings (SSSR count). The molecule has 0 saturated carbocycles. The van der Waals surface area contributed by atoms with Gasteiger partial charge in [-0.3, -0.25) is 19.2 Å². The Morgan fingerprint density at radius 2 is 1.98 bits per heavy atom. The van der Waals surface area contributed by atoms with Gasteiger partial charge in [-0.25, -0.2) is 15.6 Å². The second-order valence-electron chi connectivity index (χ2n) is 9.98. The van der Waals surface area contributed by atoms with Crippen molar-refractivity contribution < 1.29 is 14.3 Å². The summed E-state index contributed by atoms with van der Waals surface area (Å²) in [5, 5.41) is 4.47. The van der Waals surface area contributed by atoms with E-state index in [1.165, 1.54) is 30.7 Å². The minimum Gasteiger partial charge on any atom is -0.467 e. The van der Waals surface area contributed by atoms with E-state index < -0.39 is 12.0 Å². The Labute approximate surface area is 247 Å². The van der Waals surface area contributed by atoms with E-state index >= 15 is 0 Å². The largest absolute Gasteiger partial charge is 0.467 e. The van der Waals surface area contributed by atoms with Crippen molar-refractivity contribution in [2.75, 3.05) is 12.1 Å². The molecule has 0 fully saturated rings. The molecule has 1 aromatic heterocycles. The molecule has 0 saturated heterocycles. The van der Waals surface area contributed by atoms with E-state index in [1.54, 1.807) is 22.8 Å². The van der Waals surface area contributed by atoms with Crippen molar-refractivity contribution in [1.29, 1.82) is 0 Å². The number of rotatable bonds is 5. The number of fused-ring (bicyclic) bond motifs is 2. The average Bonchev–Trinajstić information content (AvgIpc) is 2.93. The maximum Gasteiger partial charge on any atom is 0.328 e. The number of hydrogen-bond donors (Lipinski definition) is 3. The van der Waals surface area contributed by atoms with Crippen molar-refractivity contribution in [3.05, 3.63) is 92.7 Å². The Kier molecular flexibility index (Phi) is 9.69. The van der Waals surface area contributed by atoms with Crippen molar-refractivity contribution in [2.24, 2.45) is 17.5 Å². The number of aromatic nitrogens is 2. The molecule has 3 atom stereocenters. The Bertz CT molecular complexity index is 1520. The van der Waals surface area contributed by atoms with Gasteiger partial charge in [0.15, 0.2) is 0 Å². The zero-order valence-electron chi connectivity index (χ0n) is 22.7. The first-order valence-electron chi connectivity index (χ1n) is 13.1. The minimum atomic E-state index is -0.815. The first-order chi connectivity index (χ1) is 19.6. The highest BCUT2D eigenvalue weighted by Gasteiger charge is 2.27. The van der Waals surface area contributed by atoms with E-state index in [4.69, 9.17) is 39.5 Å². The van der Waals surface area contributed by atoms with E-state index in [9.17, 15) is 14.4 Å². The van der Waals surface area contributed by atoms with Crippen molar-refractivity contribution in [1.82, 2.24) is 14.9 Å². The minimum absolute atomic E-state index is 0.0220. The number of nitrogens with one attached hydrogen (secondary N) is 1. The topological polar surface area (TPSA) is 146 Å². The number of halogens is 2. The van der Waals surface area contributed by atoms with Gasteiger partial charge in [0, 0.05) is 29.0 Å². The Morgan fingerprint density at radius 1 is 1.20 bits per heavy atom. The zero-order chi connectivity index (χ0) is 29.7. The Hall–Kier alpha value is -3.86. The molecule has 12 heteroatoms. The number of amides is 1. The number of nitrogens with two attached hydrogens (primary N) is 2. The number of benzene rings is 2. The van der Waals surface area contributed by atoms with E-state index in [0.29, 0.717) is 41.2 Å². The third-order valence-corrected chi connectivity index (χ3v) is 7.42. The molecule has 2 heterocycles. The number of hydrogen-bond acceptors (Lipinski definition) is 8. The highest BCUT2D eigenvalue weighted by molar-refractivity contribution is 6.31. The van der Waals surface area contributed by atoms with Crippen molar-refractivity contribution in [3.8, 4) is 11.3 Å². The third kappa shape index (κ3) is 7.27. The van der Waals surface area contributed by atoms with Gasteiger partial charge >= 0.3 is 5.97 Å². The van der Waals surface area contributed by atoms with Gasteiger partial charge < -0.3 is 15.8 Å². The molecule has 2 aromatic carbocycles. The molecule has 1 aliphatic heterocycles. The summed E-state index contributed by atoms with van der Waals surface area (Å²) in [6.07, 6.45) is 4.93. The normalized spacial score (nSPS) is 19.9. The summed E-state index contributed by atoms with van der Waals surface area (Å²) in [5.74, 6) is 5.08. The fraction of sp³-hybridized carbons (Fsp3) is 0.310. The predicted octanol–water partition coefficient (Wildman–Crippen LogP) is 3.85. The van der Waals surface area contributed by atoms with Crippen molar-refractivity contribution in [3.63, 3.8) is 0 Å². The zero-order valence-corrected chi connectivity index (χ0v) is 24.2. The second kappa shape index (κ2) is 13.2. The summed E-state index contributed by atoms with van der Waals surface area (Å²) in [4.78, 5) is 43.4. The van der Waals surface area contributed by atoms with Gasteiger partial charge in [-0.05, 0) is 42.2 Å². The third-order valence-electron chi connectivity index (χ3n) is 7.09. The fourth-order valence-electron chi connectivity index (χ4n) is 4.96. The number of methoxy groups -OCH3 is 1. The highest BCUT2D eigenvalue weighted by atomic mass is 35.5. The van der Waals surface area contributed by atoms with Crippen LogP contribution in [-0.4, -0.2) is 34.6 Å². The van der Waals surface area contributed by atoms with Crippen molar-refractivity contribution in [2.45, 2.75) is 44.7 Å². The Balaban J connectivity index is 1.75. The van der Waals surface area contributed by atoms with Crippen LogP contribution < -0.4 is 27.5 Å². The van der Waals surface area contributed by atoms with Gasteiger partial charge in [0.1, 0.15) is 11.2 Å². The lowest BCUT2D eigenvalue weighted by atomic mass is 9.93. The lowest BCUT2D eigenvalue weighted by Gasteiger charge is -2.25. The van der Waals surface area contributed by atoms with Crippen LogP contribution in [-0.2, 0) is 20.7 Å². The van der Waals surface area contributed by atoms with Gasteiger partial charge in [0.2, 0.25) is 5.91 Å². The number of carbonyl (C=O) groups is 2. The van der Waals surface area contributed by atoms with Crippen LogP contribution in [0, 0.1) is 5.92 Å². The maximum atomic E-state index is 13.6. The summed E-state index contributed by atoms with van der Waals surface area (Å²) in [5.41, 5.74) is 8.40. The van der Waals surface area contributed by atoms with E-state index in [1.807, 2.05) is 31.2 Å². The van der Waals surface area contributed by atoms with Crippen LogP contribution in [0.4, 0.5) is 5.69 Å². The summed E-state index contributed by atoms with van der Waals surface area (Å²) in [6.45, 7) is 1.82. The fourth-order valence-corrected chi connectivity index (χ4v) is 5.24. The van der Waals surface area contributed by atoms with E-state index in [0.717, 1.165) is 11.1 Å². The molecule has 2 bridgehead atoms. The van der Waals surface area contributed by atoms with Gasteiger partial charge in [-0.2, -0.15) is 0 Å². The molecule has 0 spiro atoms. The van der Waals surface area contributed by atoms with Crippen LogP contribution in [0.25, 0.3) is 11.3 Å². The van der Waals surface area contributed by atoms with Gasteiger partial charge in [-0.15, -0.1) is 0 Å². The van der Waals surface area contributed by atoms with Crippen molar-refractivity contribution >= 4 is 40.8 Å². The molecular weight excluding hydrogens is 567 g/mol. The SMILES string of the molecule is COC(=O)C1Cc2cccc(c2)C(n2cnc(-c3cc(Cl)ccc3N(N)/C=C(\N)Cl)cc2=O)CCCC(C)C(=O)N1. The van der Waals surface area contributed by atoms with E-state index in [2.05, 4.69) is 10.3 Å². The number of anilines is 1. The smallest absolute Gasteiger partial charge is 0.328 e. The molecular formula is C29H32Cl2N6O4. The molecule has 10 nitrogen and oxygen atoms in total.